The molecule has 1 aliphatic carbocycles. The minimum absolute atomic E-state index is 0.478. The predicted molar refractivity (Wildman–Crippen MR) is 82.1 cm³/mol. The summed E-state index contributed by atoms with van der Waals surface area (Å²) in [7, 11) is 0. The van der Waals surface area contributed by atoms with Gasteiger partial charge in [0, 0.05) is 25.7 Å². The van der Waals surface area contributed by atoms with Crippen molar-refractivity contribution in [2.45, 2.75) is 45.1 Å². The van der Waals surface area contributed by atoms with Crippen LogP contribution in [0.4, 0.5) is 0 Å². The lowest BCUT2D eigenvalue weighted by molar-refractivity contribution is 0.161. The summed E-state index contributed by atoms with van der Waals surface area (Å²) in [4.78, 5) is 2.57. The first kappa shape index (κ1) is 14.5. The van der Waals surface area contributed by atoms with Crippen LogP contribution in [0.1, 0.15) is 50.6 Å². The topological polar surface area (TPSA) is 29.3 Å². The quantitative estimate of drug-likeness (QED) is 0.847. The number of benzene rings is 1. The van der Waals surface area contributed by atoms with Gasteiger partial charge in [0.2, 0.25) is 0 Å². The number of hydrogen-bond donors (Lipinski definition) is 1. The normalized spacial score (nSPS) is 18.7. The minimum atomic E-state index is 0.478. The molecule has 1 atom stereocenters. The van der Waals surface area contributed by atoms with Gasteiger partial charge >= 0.3 is 0 Å². The Balaban J connectivity index is 1.97. The molecular weight excluding hydrogens is 232 g/mol. The van der Waals surface area contributed by atoms with Gasteiger partial charge in [-0.05, 0) is 31.2 Å². The minimum Gasteiger partial charge on any atom is -0.329 e. The smallest absolute Gasteiger partial charge is 0.0320 e. The van der Waals surface area contributed by atoms with Crippen LogP contribution in [-0.4, -0.2) is 24.5 Å². The van der Waals surface area contributed by atoms with Gasteiger partial charge in [-0.3, -0.25) is 4.90 Å². The van der Waals surface area contributed by atoms with Crippen molar-refractivity contribution < 1.29 is 0 Å². The fourth-order valence-corrected chi connectivity index (χ4v) is 3.25. The van der Waals surface area contributed by atoms with E-state index in [2.05, 4.69) is 42.2 Å². The highest BCUT2D eigenvalue weighted by atomic mass is 15.2. The van der Waals surface area contributed by atoms with Crippen LogP contribution in [0.15, 0.2) is 30.3 Å². The Hall–Kier alpha value is -0.860. The molecule has 1 unspecified atom stereocenters. The second kappa shape index (κ2) is 7.66. The van der Waals surface area contributed by atoms with Crippen LogP contribution in [0, 0.1) is 5.92 Å². The first-order valence-corrected chi connectivity index (χ1v) is 7.80. The van der Waals surface area contributed by atoms with Gasteiger partial charge in [0.15, 0.2) is 0 Å². The van der Waals surface area contributed by atoms with Gasteiger partial charge in [0.1, 0.15) is 0 Å². The highest BCUT2D eigenvalue weighted by Crippen LogP contribution is 2.27. The first-order chi connectivity index (χ1) is 9.31. The summed E-state index contributed by atoms with van der Waals surface area (Å²) >= 11 is 0. The summed E-state index contributed by atoms with van der Waals surface area (Å²) in [6.07, 6.45) is 7.08. The third-order valence-corrected chi connectivity index (χ3v) is 4.46. The maximum atomic E-state index is 5.81. The van der Waals surface area contributed by atoms with Crippen molar-refractivity contribution >= 4 is 0 Å². The Labute approximate surface area is 118 Å². The molecular formula is C17H28N2. The highest BCUT2D eigenvalue weighted by molar-refractivity contribution is 5.18. The molecule has 0 radical (unpaired) electrons. The monoisotopic (exact) mass is 260 g/mol. The van der Waals surface area contributed by atoms with Gasteiger partial charge in [-0.2, -0.15) is 0 Å². The van der Waals surface area contributed by atoms with Crippen LogP contribution in [0.2, 0.25) is 0 Å². The molecule has 0 amide bonds. The van der Waals surface area contributed by atoms with Crippen molar-refractivity contribution in [1.29, 1.82) is 0 Å². The summed E-state index contributed by atoms with van der Waals surface area (Å²) < 4.78 is 0. The molecule has 0 bridgehead atoms. The first-order valence-electron chi connectivity index (χ1n) is 7.80. The number of rotatable bonds is 6. The number of hydrogen-bond acceptors (Lipinski definition) is 2. The SMILES string of the molecule is CC(c1ccccc1)N(CCN)CC1CCCCC1. The third kappa shape index (κ3) is 4.32. The molecule has 1 fully saturated rings. The Morgan fingerprint density at radius 3 is 2.47 bits per heavy atom. The van der Waals surface area contributed by atoms with Crippen LogP contribution in [0.25, 0.3) is 0 Å². The van der Waals surface area contributed by atoms with Crippen molar-refractivity contribution in [2.24, 2.45) is 11.7 Å². The summed E-state index contributed by atoms with van der Waals surface area (Å²) in [5, 5.41) is 0. The fourth-order valence-electron chi connectivity index (χ4n) is 3.25. The molecule has 0 saturated heterocycles. The van der Waals surface area contributed by atoms with Gasteiger partial charge in [-0.15, -0.1) is 0 Å². The van der Waals surface area contributed by atoms with E-state index in [1.165, 1.54) is 44.2 Å². The zero-order valence-electron chi connectivity index (χ0n) is 12.2. The van der Waals surface area contributed by atoms with Crippen molar-refractivity contribution in [3.63, 3.8) is 0 Å². The van der Waals surface area contributed by atoms with Crippen molar-refractivity contribution in [3.8, 4) is 0 Å². The van der Waals surface area contributed by atoms with Gasteiger partial charge in [0.25, 0.3) is 0 Å². The van der Waals surface area contributed by atoms with Gasteiger partial charge in [0.05, 0.1) is 0 Å². The molecule has 2 heteroatoms. The molecule has 106 valence electrons. The van der Waals surface area contributed by atoms with Crippen LogP contribution in [-0.2, 0) is 0 Å². The lowest BCUT2D eigenvalue weighted by Crippen LogP contribution is -2.36. The molecule has 0 heterocycles. The lowest BCUT2D eigenvalue weighted by atomic mass is 9.88. The van der Waals surface area contributed by atoms with E-state index in [1.54, 1.807) is 0 Å². The molecule has 1 saturated carbocycles. The lowest BCUT2D eigenvalue weighted by Gasteiger charge is -2.34. The molecule has 2 N–H and O–H groups in total. The molecule has 1 aromatic rings. The zero-order chi connectivity index (χ0) is 13.5. The average molecular weight is 260 g/mol. The van der Waals surface area contributed by atoms with Gasteiger partial charge in [-0.1, -0.05) is 49.6 Å². The molecule has 1 aliphatic rings. The zero-order valence-corrected chi connectivity index (χ0v) is 12.2. The molecule has 0 aromatic heterocycles. The van der Waals surface area contributed by atoms with E-state index in [4.69, 9.17) is 5.73 Å². The average Bonchev–Trinajstić information content (AvgIpc) is 2.48. The van der Waals surface area contributed by atoms with E-state index in [0.717, 1.165) is 19.0 Å². The van der Waals surface area contributed by atoms with Gasteiger partial charge < -0.3 is 5.73 Å². The Bertz CT molecular complexity index is 344. The molecule has 2 rings (SSSR count). The van der Waals surface area contributed by atoms with Crippen molar-refractivity contribution in [1.82, 2.24) is 4.90 Å². The second-order valence-electron chi connectivity index (χ2n) is 5.87. The largest absolute Gasteiger partial charge is 0.329 e. The van der Waals surface area contributed by atoms with Crippen LogP contribution < -0.4 is 5.73 Å². The summed E-state index contributed by atoms with van der Waals surface area (Å²) in [5.41, 5.74) is 7.22. The maximum absolute atomic E-state index is 5.81. The highest BCUT2D eigenvalue weighted by Gasteiger charge is 2.21. The van der Waals surface area contributed by atoms with E-state index < -0.39 is 0 Å². The van der Waals surface area contributed by atoms with Crippen LogP contribution in [0.5, 0.6) is 0 Å². The van der Waals surface area contributed by atoms with Crippen molar-refractivity contribution in [3.05, 3.63) is 35.9 Å². The van der Waals surface area contributed by atoms with E-state index >= 15 is 0 Å². The summed E-state index contributed by atoms with van der Waals surface area (Å²) in [6.45, 7) is 5.29. The fraction of sp³-hybridized carbons (Fsp3) is 0.647. The van der Waals surface area contributed by atoms with E-state index in [1.807, 2.05) is 0 Å². The third-order valence-electron chi connectivity index (χ3n) is 4.46. The number of nitrogens with two attached hydrogens (primary N) is 1. The van der Waals surface area contributed by atoms with E-state index in [9.17, 15) is 0 Å². The molecule has 1 aromatic carbocycles. The summed E-state index contributed by atoms with van der Waals surface area (Å²) in [5.74, 6) is 0.881. The Morgan fingerprint density at radius 2 is 1.84 bits per heavy atom. The summed E-state index contributed by atoms with van der Waals surface area (Å²) in [6, 6.07) is 11.3. The Kier molecular flexibility index (Phi) is 5.87. The molecule has 0 aliphatic heterocycles. The van der Waals surface area contributed by atoms with E-state index in [0.29, 0.717) is 6.04 Å². The molecule has 2 nitrogen and oxygen atoms in total. The Morgan fingerprint density at radius 1 is 1.16 bits per heavy atom. The molecule has 0 spiro atoms. The second-order valence-corrected chi connectivity index (χ2v) is 5.87. The maximum Gasteiger partial charge on any atom is 0.0320 e. The standard InChI is InChI=1S/C17H28N2/c1-15(17-10-6-3-7-11-17)19(13-12-18)14-16-8-4-2-5-9-16/h3,6-7,10-11,15-16H,2,4-5,8-9,12-14,18H2,1H3. The van der Waals surface area contributed by atoms with Crippen molar-refractivity contribution in [2.75, 3.05) is 19.6 Å². The predicted octanol–water partition coefficient (Wildman–Crippen LogP) is 3.59. The van der Waals surface area contributed by atoms with Crippen LogP contribution in [0.3, 0.4) is 0 Å². The molecule has 19 heavy (non-hydrogen) atoms. The van der Waals surface area contributed by atoms with Gasteiger partial charge in [-0.25, -0.2) is 0 Å². The van der Waals surface area contributed by atoms with Crippen LogP contribution >= 0.6 is 0 Å². The number of nitrogens with zero attached hydrogens (tertiary/aromatic N) is 1. The van der Waals surface area contributed by atoms with E-state index in [-0.39, 0.29) is 0 Å².